The number of fused-ring (bicyclic) bond motifs is 1. The molecule has 112 valence electrons. The number of aromatic amines is 1. The maximum absolute atomic E-state index is 12.1. The van der Waals surface area contributed by atoms with Gasteiger partial charge >= 0.3 is 0 Å². The Bertz CT molecular complexity index is 872. The predicted octanol–water partition coefficient (Wildman–Crippen LogP) is 2.29. The molecule has 0 aliphatic rings. The van der Waals surface area contributed by atoms with Crippen LogP contribution in [-0.4, -0.2) is 22.3 Å². The Morgan fingerprint density at radius 1 is 1.23 bits per heavy atom. The lowest BCUT2D eigenvalue weighted by molar-refractivity contribution is 0.296. The molecule has 1 heterocycles. The second-order valence-electron chi connectivity index (χ2n) is 4.62. The molecule has 0 spiro atoms. The van der Waals surface area contributed by atoms with Gasteiger partial charge in [0.2, 0.25) is 0 Å². The maximum atomic E-state index is 12.1. The van der Waals surface area contributed by atoms with E-state index in [1.54, 1.807) is 31.4 Å². The highest BCUT2D eigenvalue weighted by Gasteiger charge is 2.07. The Kier molecular flexibility index (Phi) is 3.50. The third-order valence-electron chi connectivity index (χ3n) is 3.27. The maximum Gasteiger partial charge on any atom is 0.259 e. The van der Waals surface area contributed by atoms with Gasteiger partial charge in [-0.25, -0.2) is 4.98 Å². The van der Waals surface area contributed by atoms with Gasteiger partial charge in [-0.1, -0.05) is 0 Å². The third kappa shape index (κ3) is 2.50. The molecule has 0 saturated carbocycles. The van der Waals surface area contributed by atoms with Gasteiger partial charge in [0.05, 0.1) is 23.7 Å². The van der Waals surface area contributed by atoms with Crippen LogP contribution in [0.25, 0.3) is 22.3 Å². The van der Waals surface area contributed by atoms with Crippen molar-refractivity contribution in [3.63, 3.8) is 0 Å². The first-order valence-corrected chi connectivity index (χ1v) is 6.43. The SMILES string of the molecule is COc1ccc(-c2nc3ccc(N([O-])O)cc3c(=O)[nH]2)cc1. The van der Waals surface area contributed by atoms with E-state index in [9.17, 15) is 10.0 Å². The van der Waals surface area contributed by atoms with Crippen LogP contribution in [0.5, 0.6) is 5.75 Å². The van der Waals surface area contributed by atoms with Gasteiger partial charge in [-0.15, -0.1) is 0 Å². The fraction of sp³-hybridized carbons (Fsp3) is 0.0667. The zero-order chi connectivity index (χ0) is 15.7. The molecule has 0 aliphatic carbocycles. The molecule has 0 unspecified atom stereocenters. The number of nitrogens with one attached hydrogen (secondary N) is 1. The monoisotopic (exact) mass is 298 g/mol. The van der Waals surface area contributed by atoms with E-state index >= 15 is 0 Å². The van der Waals surface area contributed by atoms with E-state index in [0.29, 0.717) is 17.1 Å². The first kappa shape index (κ1) is 14.1. The number of hydrogen-bond donors (Lipinski definition) is 2. The van der Waals surface area contributed by atoms with Crippen molar-refractivity contribution in [3.8, 4) is 17.1 Å². The molecule has 0 radical (unpaired) electrons. The summed E-state index contributed by atoms with van der Waals surface area (Å²) in [4.78, 5) is 19.2. The van der Waals surface area contributed by atoms with Crippen LogP contribution in [0, 0.1) is 5.21 Å². The van der Waals surface area contributed by atoms with Crippen molar-refractivity contribution in [3.05, 3.63) is 58.0 Å². The summed E-state index contributed by atoms with van der Waals surface area (Å²) in [5.41, 5.74) is 0.744. The van der Waals surface area contributed by atoms with Crippen LogP contribution in [0.3, 0.4) is 0 Å². The fourth-order valence-electron chi connectivity index (χ4n) is 2.13. The summed E-state index contributed by atoms with van der Waals surface area (Å²) in [6, 6.07) is 11.3. The third-order valence-corrected chi connectivity index (χ3v) is 3.27. The van der Waals surface area contributed by atoms with Gasteiger partial charge in [0.15, 0.2) is 0 Å². The summed E-state index contributed by atoms with van der Waals surface area (Å²) in [6.07, 6.45) is 0. The van der Waals surface area contributed by atoms with Gasteiger partial charge in [-0.2, -0.15) is 0 Å². The van der Waals surface area contributed by atoms with Gasteiger partial charge in [0, 0.05) is 5.56 Å². The second kappa shape index (κ2) is 5.47. The van der Waals surface area contributed by atoms with E-state index in [0.717, 1.165) is 5.56 Å². The van der Waals surface area contributed by atoms with E-state index in [-0.39, 0.29) is 21.9 Å². The Morgan fingerprint density at radius 3 is 2.59 bits per heavy atom. The number of H-pyrrole nitrogens is 1. The first-order valence-electron chi connectivity index (χ1n) is 6.43. The van der Waals surface area contributed by atoms with Crippen LogP contribution in [-0.2, 0) is 0 Å². The predicted molar refractivity (Wildman–Crippen MR) is 82.0 cm³/mol. The molecule has 1 aromatic heterocycles. The van der Waals surface area contributed by atoms with E-state index in [1.165, 1.54) is 18.2 Å². The van der Waals surface area contributed by atoms with E-state index < -0.39 is 0 Å². The minimum Gasteiger partial charge on any atom is -0.733 e. The van der Waals surface area contributed by atoms with E-state index in [4.69, 9.17) is 9.94 Å². The quantitative estimate of drug-likeness (QED) is 0.719. The van der Waals surface area contributed by atoms with Crippen LogP contribution in [0.15, 0.2) is 47.3 Å². The van der Waals surface area contributed by atoms with Crippen molar-refractivity contribution < 1.29 is 9.94 Å². The number of anilines is 1. The molecule has 3 rings (SSSR count). The normalized spacial score (nSPS) is 10.7. The summed E-state index contributed by atoms with van der Waals surface area (Å²) in [5.74, 6) is 1.12. The summed E-state index contributed by atoms with van der Waals surface area (Å²) >= 11 is 0. The van der Waals surface area contributed by atoms with Crippen LogP contribution in [0.4, 0.5) is 5.69 Å². The number of aromatic nitrogens is 2. The molecule has 0 bridgehead atoms. The van der Waals surface area contributed by atoms with Crippen LogP contribution in [0.1, 0.15) is 0 Å². The highest BCUT2D eigenvalue weighted by Crippen LogP contribution is 2.21. The first-order chi connectivity index (χ1) is 10.6. The molecule has 0 saturated heterocycles. The minimum atomic E-state index is -0.389. The van der Waals surface area contributed by atoms with Crippen LogP contribution < -0.4 is 15.5 Å². The Morgan fingerprint density at radius 2 is 1.95 bits per heavy atom. The highest BCUT2D eigenvalue weighted by molar-refractivity contribution is 5.83. The zero-order valence-corrected chi connectivity index (χ0v) is 11.6. The molecule has 0 fully saturated rings. The van der Waals surface area contributed by atoms with Crippen molar-refractivity contribution in [2.45, 2.75) is 0 Å². The number of rotatable bonds is 3. The minimum absolute atomic E-state index is 0.0306. The van der Waals surface area contributed by atoms with Crippen LogP contribution >= 0.6 is 0 Å². The van der Waals surface area contributed by atoms with Gasteiger partial charge < -0.3 is 20.2 Å². The van der Waals surface area contributed by atoms with Crippen LogP contribution in [0.2, 0.25) is 0 Å². The van der Waals surface area contributed by atoms with Gasteiger partial charge in [-0.05, 0) is 42.5 Å². The smallest absolute Gasteiger partial charge is 0.259 e. The average Bonchev–Trinajstić information content (AvgIpc) is 2.54. The number of nitrogens with zero attached hydrogens (tertiary/aromatic N) is 2. The summed E-state index contributed by atoms with van der Waals surface area (Å²) < 4.78 is 5.08. The Hall–Kier alpha value is -2.90. The molecule has 0 amide bonds. The topological polar surface area (TPSA) is 102 Å². The van der Waals surface area contributed by atoms with E-state index in [1.807, 2.05) is 0 Å². The molecule has 22 heavy (non-hydrogen) atoms. The standard InChI is InChI=1S/C15H12N3O4/c1-22-11-5-2-9(3-6-11)14-16-13-7-4-10(18(20)21)8-12(13)15(19)17-14/h2-8,20H,1H3,(H,16,17,19)/q-1. The molecule has 0 atom stereocenters. The highest BCUT2D eigenvalue weighted by atomic mass is 16.8. The lowest BCUT2D eigenvalue weighted by atomic mass is 10.1. The zero-order valence-electron chi connectivity index (χ0n) is 11.6. The molecular weight excluding hydrogens is 286 g/mol. The molecule has 7 heteroatoms. The number of benzene rings is 2. The molecule has 0 aliphatic heterocycles. The number of hydrogen-bond acceptors (Lipinski definition) is 6. The Labute approximate surface area is 125 Å². The largest absolute Gasteiger partial charge is 0.733 e. The lowest BCUT2D eigenvalue weighted by Gasteiger charge is -2.21. The molecule has 2 N–H and O–H groups in total. The second-order valence-corrected chi connectivity index (χ2v) is 4.62. The summed E-state index contributed by atoms with van der Waals surface area (Å²) in [6.45, 7) is 0. The number of ether oxygens (including phenoxy) is 1. The average molecular weight is 298 g/mol. The van der Waals surface area contributed by atoms with Gasteiger partial charge in [-0.3, -0.25) is 10.0 Å². The van der Waals surface area contributed by atoms with Crippen molar-refractivity contribution in [1.82, 2.24) is 9.97 Å². The number of methoxy groups -OCH3 is 1. The molecule has 7 nitrogen and oxygen atoms in total. The van der Waals surface area contributed by atoms with Crippen molar-refractivity contribution in [2.75, 3.05) is 12.3 Å². The molecular formula is C15H12N3O4-. The summed E-state index contributed by atoms with van der Waals surface area (Å²) in [5, 5.41) is 19.7. The van der Waals surface area contributed by atoms with E-state index in [2.05, 4.69) is 9.97 Å². The van der Waals surface area contributed by atoms with Gasteiger partial charge in [0.25, 0.3) is 5.56 Å². The van der Waals surface area contributed by atoms with Crippen molar-refractivity contribution in [2.24, 2.45) is 0 Å². The van der Waals surface area contributed by atoms with Crippen molar-refractivity contribution in [1.29, 1.82) is 0 Å². The molecule has 3 aromatic rings. The van der Waals surface area contributed by atoms with Gasteiger partial charge in [0.1, 0.15) is 11.6 Å². The Balaban J connectivity index is 2.12. The lowest BCUT2D eigenvalue weighted by Crippen LogP contribution is -2.12. The molecule has 2 aromatic carbocycles. The summed E-state index contributed by atoms with van der Waals surface area (Å²) in [7, 11) is 1.57. The van der Waals surface area contributed by atoms with Crippen molar-refractivity contribution >= 4 is 16.6 Å². The fourth-order valence-corrected chi connectivity index (χ4v) is 2.13.